The van der Waals surface area contributed by atoms with Crippen molar-refractivity contribution in [1.82, 2.24) is 15.1 Å². The van der Waals surface area contributed by atoms with Crippen molar-refractivity contribution in [2.24, 2.45) is 7.05 Å². The Hall–Kier alpha value is -1.61. The zero-order valence-electron chi connectivity index (χ0n) is 12.1. The average Bonchev–Trinajstić information content (AvgIpc) is 2.83. The van der Waals surface area contributed by atoms with Gasteiger partial charge in [-0.2, -0.15) is 5.10 Å². The van der Waals surface area contributed by atoms with Crippen molar-refractivity contribution in [3.8, 4) is 0 Å². The van der Waals surface area contributed by atoms with Crippen LogP contribution in [0.5, 0.6) is 0 Å². The maximum Gasteiger partial charge on any atom is 0.0537 e. The van der Waals surface area contributed by atoms with E-state index in [2.05, 4.69) is 54.7 Å². The molecule has 1 N–H and O–H groups in total. The van der Waals surface area contributed by atoms with Crippen LogP contribution in [0.25, 0.3) is 0 Å². The van der Waals surface area contributed by atoms with Gasteiger partial charge in [0.25, 0.3) is 0 Å². The Morgan fingerprint density at radius 2 is 2.11 bits per heavy atom. The minimum Gasteiger partial charge on any atom is -0.310 e. The van der Waals surface area contributed by atoms with Gasteiger partial charge in [0.1, 0.15) is 0 Å². The molecular weight excluding hydrogens is 234 g/mol. The molecule has 0 spiro atoms. The summed E-state index contributed by atoms with van der Waals surface area (Å²) in [6.07, 6.45) is 6.22. The molecule has 3 nitrogen and oxygen atoms in total. The number of hydrogen-bond donors (Lipinski definition) is 1. The molecule has 0 saturated heterocycles. The summed E-state index contributed by atoms with van der Waals surface area (Å²) in [5.74, 6) is 0. The first-order valence-electron chi connectivity index (χ1n) is 6.97. The minimum absolute atomic E-state index is 0.342. The number of aryl methyl sites for hydroxylation is 2. The van der Waals surface area contributed by atoms with Crippen LogP contribution in [0.3, 0.4) is 0 Å². The Morgan fingerprint density at radius 1 is 1.32 bits per heavy atom. The highest BCUT2D eigenvalue weighted by Crippen LogP contribution is 2.20. The van der Waals surface area contributed by atoms with E-state index in [0.717, 1.165) is 19.4 Å². The van der Waals surface area contributed by atoms with Gasteiger partial charge in [-0.05, 0) is 37.4 Å². The molecule has 19 heavy (non-hydrogen) atoms. The lowest BCUT2D eigenvalue weighted by atomic mass is 9.98. The SMILES string of the molecule is CCCNC(Cc1ccccc1C)c1cnn(C)c1. The lowest BCUT2D eigenvalue weighted by molar-refractivity contribution is 0.528. The van der Waals surface area contributed by atoms with E-state index in [9.17, 15) is 0 Å². The first-order chi connectivity index (χ1) is 9.20. The van der Waals surface area contributed by atoms with Gasteiger partial charge >= 0.3 is 0 Å². The largest absolute Gasteiger partial charge is 0.310 e. The normalized spacial score (nSPS) is 12.6. The number of hydrogen-bond acceptors (Lipinski definition) is 2. The molecule has 0 bridgehead atoms. The van der Waals surface area contributed by atoms with E-state index in [1.54, 1.807) is 0 Å². The fraction of sp³-hybridized carbons (Fsp3) is 0.438. The summed E-state index contributed by atoms with van der Waals surface area (Å²) in [6.45, 7) is 5.40. The molecule has 1 atom stereocenters. The lowest BCUT2D eigenvalue weighted by Gasteiger charge is -2.18. The maximum absolute atomic E-state index is 4.29. The van der Waals surface area contributed by atoms with Crippen molar-refractivity contribution in [1.29, 1.82) is 0 Å². The van der Waals surface area contributed by atoms with E-state index in [1.165, 1.54) is 16.7 Å². The van der Waals surface area contributed by atoms with Crippen molar-refractivity contribution in [3.63, 3.8) is 0 Å². The molecule has 0 aliphatic carbocycles. The minimum atomic E-state index is 0.342. The molecule has 0 aliphatic rings. The molecule has 0 saturated carbocycles. The zero-order valence-corrected chi connectivity index (χ0v) is 12.1. The van der Waals surface area contributed by atoms with Crippen LogP contribution >= 0.6 is 0 Å². The predicted molar refractivity (Wildman–Crippen MR) is 79.1 cm³/mol. The van der Waals surface area contributed by atoms with E-state index in [4.69, 9.17) is 0 Å². The predicted octanol–water partition coefficient (Wildman–Crippen LogP) is 3.01. The molecule has 1 heterocycles. The van der Waals surface area contributed by atoms with Crippen molar-refractivity contribution < 1.29 is 0 Å². The number of benzene rings is 1. The third-order valence-corrected chi connectivity index (χ3v) is 3.45. The molecule has 0 fully saturated rings. The second-order valence-corrected chi connectivity index (χ2v) is 5.08. The Kier molecular flexibility index (Phi) is 4.74. The first-order valence-corrected chi connectivity index (χ1v) is 6.97. The summed E-state index contributed by atoms with van der Waals surface area (Å²) in [4.78, 5) is 0. The van der Waals surface area contributed by atoms with Crippen LogP contribution in [-0.4, -0.2) is 16.3 Å². The number of nitrogens with zero attached hydrogens (tertiary/aromatic N) is 2. The van der Waals surface area contributed by atoms with Crippen LogP contribution in [0.15, 0.2) is 36.7 Å². The summed E-state index contributed by atoms with van der Waals surface area (Å²) in [5, 5.41) is 7.91. The average molecular weight is 257 g/mol. The van der Waals surface area contributed by atoms with Gasteiger partial charge in [0.05, 0.1) is 6.20 Å². The lowest BCUT2D eigenvalue weighted by Crippen LogP contribution is -2.24. The monoisotopic (exact) mass is 257 g/mol. The molecule has 1 aromatic heterocycles. The molecule has 1 unspecified atom stereocenters. The van der Waals surface area contributed by atoms with E-state index in [-0.39, 0.29) is 0 Å². The zero-order chi connectivity index (χ0) is 13.7. The van der Waals surface area contributed by atoms with Gasteiger partial charge in [-0.3, -0.25) is 4.68 Å². The van der Waals surface area contributed by atoms with Gasteiger partial charge in [-0.25, -0.2) is 0 Å². The molecule has 1 aromatic carbocycles. The molecule has 0 amide bonds. The molecular formula is C16H23N3. The van der Waals surface area contributed by atoms with Crippen LogP contribution in [0.2, 0.25) is 0 Å². The summed E-state index contributed by atoms with van der Waals surface area (Å²) in [5.41, 5.74) is 4.02. The summed E-state index contributed by atoms with van der Waals surface area (Å²) in [6, 6.07) is 8.94. The Bertz CT molecular complexity index is 516. The van der Waals surface area contributed by atoms with Gasteiger partial charge in [-0.1, -0.05) is 31.2 Å². The van der Waals surface area contributed by atoms with Crippen LogP contribution in [-0.2, 0) is 13.5 Å². The fourth-order valence-electron chi connectivity index (χ4n) is 2.31. The molecule has 2 rings (SSSR count). The third-order valence-electron chi connectivity index (χ3n) is 3.45. The topological polar surface area (TPSA) is 29.9 Å². The van der Waals surface area contributed by atoms with E-state index < -0.39 is 0 Å². The number of rotatable bonds is 6. The van der Waals surface area contributed by atoms with Crippen molar-refractivity contribution in [2.45, 2.75) is 32.7 Å². The molecule has 3 heteroatoms. The highest BCUT2D eigenvalue weighted by atomic mass is 15.2. The van der Waals surface area contributed by atoms with Crippen LogP contribution in [0.4, 0.5) is 0 Å². The van der Waals surface area contributed by atoms with Crippen LogP contribution < -0.4 is 5.32 Å². The third kappa shape index (κ3) is 3.67. The van der Waals surface area contributed by atoms with Gasteiger partial charge in [0.2, 0.25) is 0 Å². The van der Waals surface area contributed by atoms with E-state index in [0.29, 0.717) is 6.04 Å². The van der Waals surface area contributed by atoms with Gasteiger partial charge in [0.15, 0.2) is 0 Å². The van der Waals surface area contributed by atoms with Crippen molar-refractivity contribution >= 4 is 0 Å². The Balaban J connectivity index is 2.16. The smallest absolute Gasteiger partial charge is 0.0537 e. The molecule has 0 aliphatic heterocycles. The van der Waals surface area contributed by atoms with Crippen LogP contribution in [0, 0.1) is 6.92 Å². The Labute approximate surface area is 115 Å². The van der Waals surface area contributed by atoms with Crippen molar-refractivity contribution in [3.05, 3.63) is 53.3 Å². The number of aromatic nitrogens is 2. The second-order valence-electron chi connectivity index (χ2n) is 5.08. The van der Waals surface area contributed by atoms with Crippen LogP contribution in [0.1, 0.15) is 36.1 Å². The van der Waals surface area contributed by atoms with Gasteiger partial charge in [0, 0.05) is 24.8 Å². The summed E-state index contributed by atoms with van der Waals surface area (Å²) < 4.78 is 1.87. The fourth-order valence-corrected chi connectivity index (χ4v) is 2.31. The van der Waals surface area contributed by atoms with E-state index >= 15 is 0 Å². The standard InChI is InChI=1S/C16H23N3/c1-4-9-17-16(15-11-18-19(3)12-15)10-14-8-6-5-7-13(14)2/h5-8,11-12,16-17H,4,9-10H2,1-3H3. The van der Waals surface area contributed by atoms with E-state index in [1.807, 2.05) is 17.9 Å². The van der Waals surface area contributed by atoms with Crippen molar-refractivity contribution in [2.75, 3.05) is 6.54 Å². The second kappa shape index (κ2) is 6.53. The van der Waals surface area contributed by atoms with Gasteiger partial charge < -0.3 is 5.32 Å². The number of nitrogens with one attached hydrogen (secondary N) is 1. The van der Waals surface area contributed by atoms with Gasteiger partial charge in [-0.15, -0.1) is 0 Å². The quantitative estimate of drug-likeness (QED) is 0.862. The highest BCUT2D eigenvalue weighted by molar-refractivity contribution is 5.28. The summed E-state index contributed by atoms with van der Waals surface area (Å²) >= 11 is 0. The molecule has 102 valence electrons. The maximum atomic E-state index is 4.29. The first kappa shape index (κ1) is 13.8. The highest BCUT2D eigenvalue weighted by Gasteiger charge is 2.14. The Morgan fingerprint density at radius 3 is 2.74 bits per heavy atom. The summed E-state index contributed by atoms with van der Waals surface area (Å²) in [7, 11) is 1.97. The molecule has 2 aromatic rings. The molecule has 0 radical (unpaired) electrons.